The number of hydrogen-bond acceptors (Lipinski definition) is 10. The third-order valence-electron chi connectivity index (χ3n) is 10.1. The number of nitrogens with zero attached hydrogens (tertiary/aromatic N) is 2. The predicted octanol–water partition coefficient (Wildman–Crippen LogP) is 14.4. The smallest absolute Gasteiger partial charge is 0.343 e. The van der Waals surface area contributed by atoms with Gasteiger partial charge in [-0.25, -0.2) is 14.4 Å². The van der Waals surface area contributed by atoms with Crippen molar-refractivity contribution in [3.05, 3.63) is 138 Å². The highest BCUT2D eigenvalue weighted by Crippen LogP contribution is 2.25. The summed E-state index contributed by atoms with van der Waals surface area (Å²) in [5.41, 5.74) is 2.09. The Bertz CT molecular complexity index is 2110. The Hall–Kier alpha value is -6.29. The highest BCUT2D eigenvalue weighted by molar-refractivity contribution is 5.94. The molecule has 5 aromatic rings. The summed E-state index contributed by atoms with van der Waals surface area (Å²) in [6, 6.07) is 33.2. The number of carbonyl (C=O) groups is 3. The van der Waals surface area contributed by atoms with Gasteiger partial charge >= 0.3 is 17.9 Å². The average Bonchev–Trinajstić information content (AvgIpc) is 3.30. The standard InChI is InChI=1S/C52H60N2O8/c1-3-5-7-9-11-13-15-17-37-58-45-29-21-40(22-30-45)51(56)62-49-20-18-19-42(39-49)52(57)61-47-31-23-41(24-32-47)50(55)60-48-35-27-44(28-36-48)54-53-43-25-33-46(34-26-43)59-38-16-14-12-10-8-6-4-2/h18-36,39H,3-17,37-38H2,1-2H3. The third-order valence-corrected chi connectivity index (χ3v) is 10.1. The molecule has 326 valence electrons. The molecule has 0 spiro atoms. The molecule has 0 heterocycles. The van der Waals surface area contributed by atoms with Crippen LogP contribution in [0.25, 0.3) is 0 Å². The largest absolute Gasteiger partial charge is 0.494 e. The molecular weight excluding hydrogens is 781 g/mol. The summed E-state index contributed by atoms with van der Waals surface area (Å²) in [5, 5.41) is 8.58. The summed E-state index contributed by atoms with van der Waals surface area (Å²) in [6.07, 6.45) is 18.5. The van der Waals surface area contributed by atoms with E-state index in [4.69, 9.17) is 23.7 Å². The van der Waals surface area contributed by atoms with Crippen LogP contribution in [0.3, 0.4) is 0 Å². The molecular formula is C52H60N2O8. The van der Waals surface area contributed by atoms with Crippen LogP contribution >= 0.6 is 0 Å². The summed E-state index contributed by atoms with van der Waals surface area (Å²) < 4.78 is 28.3. The molecule has 10 nitrogen and oxygen atoms in total. The molecule has 62 heavy (non-hydrogen) atoms. The van der Waals surface area contributed by atoms with Gasteiger partial charge in [0.1, 0.15) is 28.7 Å². The van der Waals surface area contributed by atoms with Gasteiger partial charge in [-0.05, 0) is 128 Å². The fourth-order valence-electron chi connectivity index (χ4n) is 6.51. The SMILES string of the molecule is CCCCCCCCCCOc1ccc(C(=O)Oc2cccc(C(=O)Oc3ccc(C(=O)Oc4ccc(N=Nc5ccc(OCCCCCCCCC)cc5)cc4)cc3)c2)cc1. The Balaban J connectivity index is 1.01. The zero-order chi connectivity index (χ0) is 43.6. The number of esters is 3. The minimum atomic E-state index is -0.659. The molecule has 0 aromatic heterocycles. The van der Waals surface area contributed by atoms with E-state index in [2.05, 4.69) is 24.1 Å². The van der Waals surface area contributed by atoms with Crippen LogP contribution in [0.2, 0.25) is 0 Å². The Morgan fingerprint density at radius 2 is 0.726 bits per heavy atom. The first-order chi connectivity index (χ1) is 30.4. The van der Waals surface area contributed by atoms with Crippen LogP contribution < -0.4 is 23.7 Å². The second-order valence-electron chi connectivity index (χ2n) is 15.2. The van der Waals surface area contributed by atoms with Gasteiger partial charge in [-0.1, -0.05) is 103 Å². The van der Waals surface area contributed by atoms with Gasteiger partial charge in [-0.3, -0.25) is 0 Å². The first kappa shape index (κ1) is 46.8. The maximum atomic E-state index is 13.0. The van der Waals surface area contributed by atoms with E-state index in [0.29, 0.717) is 41.7 Å². The van der Waals surface area contributed by atoms with E-state index >= 15 is 0 Å². The fraction of sp³-hybridized carbons (Fsp3) is 0.365. The van der Waals surface area contributed by atoms with Gasteiger partial charge in [-0.15, -0.1) is 0 Å². The van der Waals surface area contributed by atoms with E-state index in [1.54, 1.807) is 66.7 Å². The molecule has 0 aliphatic carbocycles. The lowest BCUT2D eigenvalue weighted by atomic mass is 10.1. The molecule has 0 amide bonds. The highest BCUT2D eigenvalue weighted by atomic mass is 16.5. The summed E-state index contributed by atoms with van der Waals surface area (Å²) in [4.78, 5) is 38.7. The number of carbonyl (C=O) groups excluding carboxylic acids is 3. The summed E-state index contributed by atoms with van der Waals surface area (Å²) in [5.74, 6) is 0.454. The molecule has 0 bridgehead atoms. The van der Waals surface area contributed by atoms with Gasteiger partial charge in [0, 0.05) is 0 Å². The van der Waals surface area contributed by atoms with Crippen molar-refractivity contribution in [3.8, 4) is 28.7 Å². The molecule has 0 N–H and O–H groups in total. The summed E-state index contributed by atoms with van der Waals surface area (Å²) in [7, 11) is 0. The molecule has 0 aliphatic rings. The lowest BCUT2D eigenvalue weighted by Gasteiger charge is -2.09. The second-order valence-corrected chi connectivity index (χ2v) is 15.2. The Morgan fingerprint density at radius 1 is 0.371 bits per heavy atom. The number of rotatable bonds is 27. The van der Waals surface area contributed by atoms with E-state index in [1.807, 2.05) is 24.3 Å². The van der Waals surface area contributed by atoms with Gasteiger partial charge in [0.2, 0.25) is 0 Å². The van der Waals surface area contributed by atoms with Crippen molar-refractivity contribution < 1.29 is 38.1 Å². The van der Waals surface area contributed by atoms with Crippen LogP contribution in [-0.4, -0.2) is 31.1 Å². The zero-order valence-electron chi connectivity index (χ0n) is 36.2. The first-order valence-electron chi connectivity index (χ1n) is 22.2. The van der Waals surface area contributed by atoms with Crippen LogP contribution in [0.1, 0.15) is 141 Å². The van der Waals surface area contributed by atoms with E-state index < -0.39 is 17.9 Å². The Labute approximate surface area is 366 Å². The Morgan fingerprint density at radius 3 is 1.18 bits per heavy atom. The second kappa shape index (κ2) is 26.8. The summed E-state index contributed by atoms with van der Waals surface area (Å²) in [6.45, 7) is 5.80. The molecule has 0 fully saturated rings. The zero-order valence-corrected chi connectivity index (χ0v) is 36.2. The van der Waals surface area contributed by atoms with Crippen molar-refractivity contribution in [3.63, 3.8) is 0 Å². The number of unbranched alkanes of at least 4 members (excludes halogenated alkanes) is 13. The minimum Gasteiger partial charge on any atom is -0.494 e. The van der Waals surface area contributed by atoms with Crippen molar-refractivity contribution in [2.45, 2.75) is 110 Å². The summed E-state index contributed by atoms with van der Waals surface area (Å²) >= 11 is 0. The maximum Gasteiger partial charge on any atom is 0.343 e. The van der Waals surface area contributed by atoms with Gasteiger partial charge in [0.25, 0.3) is 0 Å². The van der Waals surface area contributed by atoms with Crippen molar-refractivity contribution >= 4 is 29.3 Å². The average molecular weight is 841 g/mol. The van der Waals surface area contributed by atoms with Gasteiger partial charge < -0.3 is 23.7 Å². The Kier molecular flexibility index (Phi) is 20.2. The van der Waals surface area contributed by atoms with Crippen molar-refractivity contribution in [2.75, 3.05) is 13.2 Å². The molecule has 0 saturated heterocycles. The maximum absolute atomic E-state index is 13.0. The molecule has 10 heteroatoms. The molecule has 0 unspecified atom stereocenters. The topological polar surface area (TPSA) is 122 Å². The van der Waals surface area contributed by atoms with Crippen LogP contribution in [0.4, 0.5) is 11.4 Å². The van der Waals surface area contributed by atoms with E-state index in [9.17, 15) is 14.4 Å². The lowest BCUT2D eigenvalue weighted by Crippen LogP contribution is -2.11. The molecule has 5 rings (SSSR count). The van der Waals surface area contributed by atoms with Crippen molar-refractivity contribution in [1.82, 2.24) is 0 Å². The molecule has 5 aromatic carbocycles. The minimum absolute atomic E-state index is 0.184. The third kappa shape index (κ3) is 17.0. The number of hydrogen-bond donors (Lipinski definition) is 0. The van der Waals surface area contributed by atoms with Gasteiger partial charge in [0.05, 0.1) is 41.3 Å². The number of ether oxygens (including phenoxy) is 5. The van der Waals surface area contributed by atoms with Crippen LogP contribution in [0.15, 0.2) is 132 Å². The molecule has 0 aliphatic heterocycles. The van der Waals surface area contributed by atoms with Crippen molar-refractivity contribution in [1.29, 1.82) is 0 Å². The number of azo groups is 1. The predicted molar refractivity (Wildman–Crippen MR) is 243 cm³/mol. The van der Waals surface area contributed by atoms with Gasteiger partial charge in [0.15, 0.2) is 0 Å². The fourth-order valence-corrected chi connectivity index (χ4v) is 6.51. The highest BCUT2D eigenvalue weighted by Gasteiger charge is 2.15. The van der Waals surface area contributed by atoms with E-state index in [-0.39, 0.29) is 22.6 Å². The normalized spacial score (nSPS) is 11.0. The van der Waals surface area contributed by atoms with Crippen LogP contribution in [-0.2, 0) is 0 Å². The molecule has 0 saturated carbocycles. The lowest BCUT2D eigenvalue weighted by molar-refractivity contribution is 0.0714. The van der Waals surface area contributed by atoms with E-state index in [1.165, 1.54) is 107 Å². The van der Waals surface area contributed by atoms with Crippen LogP contribution in [0, 0.1) is 0 Å². The van der Waals surface area contributed by atoms with Crippen LogP contribution in [0.5, 0.6) is 28.7 Å². The quantitative estimate of drug-likeness (QED) is 0.0222. The molecule has 0 atom stereocenters. The number of benzene rings is 5. The first-order valence-corrected chi connectivity index (χ1v) is 22.2. The molecule has 0 radical (unpaired) electrons. The monoisotopic (exact) mass is 840 g/mol. The van der Waals surface area contributed by atoms with Gasteiger partial charge in [-0.2, -0.15) is 10.2 Å². The van der Waals surface area contributed by atoms with E-state index in [0.717, 1.165) is 25.0 Å². The van der Waals surface area contributed by atoms with Crippen molar-refractivity contribution in [2.24, 2.45) is 10.2 Å².